The fourth-order valence-electron chi connectivity index (χ4n) is 3.52. The molecule has 1 atom stereocenters. The molecule has 0 radical (unpaired) electrons. The molecule has 1 N–H and O–H groups in total. The molecule has 0 saturated heterocycles. The second-order valence-electron chi connectivity index (χ2n) is 6.32. The maximum atomic E-state index is 9.05. The number of aryl methyl sites for hydroxylation is 1. The Morgan fingerprint density at radius 1 is 1.23 bits per heavy atom. The van der Waals surface area contributed by atoms with Crippen molar-refractivity contribution in [1.82, 2.24) is 15.2 Å². The Morgan fingerprint density at radius 3 is 3.04 bits per heavy atom. The Bertz CT molecular complexity index is 1140. The predicted molar refractivity (Wildman–Crippen MR) is 94.4 cm³/mol. The van der Waals surface area contributed by atoms with Crippen LogP contribution in [0.3, 0.4) is 0 Å². The zero-order valence-electron chi connectivity index (χ0n) is 13.8. The van der Waals surface area contributed by atoms with Crippen LogP contribution in [-0.4, -0.2) is 15.2 Å². The van der Waals surface area contributed by atoms with Gasteiger partial charge in [-0.15, -0.1) is 0 Å². The van der Waals surface area contributed by atoms with E-state index >= 15 is 0 Å². The van der Waals surface area contributed by atoms with Gasteiger partial charge in [0.15, 0.2) is 12.2 Å². The fraction of sp³-hybridized carbons (Fsp3) is 0.150. The van der Waals surface area contributed by atoms with Crippen LogP contribution in [0.15, 0.2) is 53.4 Å². The van der Waals surface area contributed by atoms with E-state index in [1.165, 1.54) is 12.0 Å². The van der Waals surface area contributed by atoms with E-state index in [2.05, 4.69) is 21.3 Å². The number of nitrogens with one attached hydrogen (secondary N) is 1. The van der Waals surface area contributed by atoms with Gasteiger partial charge in [-0.3, -0.25) is 5.10 Å². The molecular formula is C20H14N4O2. The average Bonchev–Trinajstić information content (AvgIpc) is 3.40. The highest BCUT2D eigenvalue weighted by atomic mass is 16.5. The summed E-state index contributed by atoms with van der Waals surface area (Å²) in [6.45, 7) is 0. The molecule has 26 heavy (non-hydrogen) atoms. The van der Waals surface area contributed by atoms with Crippen LogP contribution >= 0.6 is 0 Å². The lowest BCUT2D eigenvalue weighted by Gasteiger charge is -2.15. The van der Waals surface area contributed by atoms with Gasteiger partial charge in [-0.25, -0.2) is 4.98 Å². The molecule has 0 unspecified atom stereocenters. The number of hydrogen-bond acceptors (Lipinski definition) is 5. The van der Waals surface area contributed by atoms with E-state index in [4.69, 9.17) is 14.4 Å². The number of H-pyrrole nitrogens is 1. The molecule has 0 spiro atoms. The van der Waals surface area contributed by atoms with Gasteiger partial charge < -0.3 is 9.15 Å². The van der Waals surface area contributed by atoms with Crippen LogP contribution in [0.1, 0.15) is 29.2 Å². The van der Waals surface area contributed by atoms with Crippen molar-refractivity contribution in [2.45, 2.75) is 18.9 Å². The molecule has 1 aliphatic rings. The summed E-state index contributed by atoms with van der Waals surface area (Å²) in [4.78, 5) is 3.95. The van der Waals surface area contributed by atoms with Gasteiger partial charge in [-0.2, -0.15) is 10.4 Å². The van der Waals surface area contributed by atoms with Crippen molar-refractivity contribution in [3.05, 3.63) is 65.7 Å². The van der Waals surface area contributed by atoms with Gasteiger partial charge >= 0.3 is 0 Å². The van der Waals surface area contributed by atoms with E-state index in [9.17, 15) is 0 Å². The Balaban J connectivity index is 1.48. The Labute approximate surface area is 149 Å². The number of nitrogens with zero attached hydrogens (tertiary/aromatic N) is 3. The number of aromatic amines is 1. The standard InChI is InChI=1S/C20H14N4O2/c21-9-12-1-4-15-13(7-12)2-6-18(15)26-14-3-5-17-16(8-14)20(24-23-17)19-10-22-11-25-19/h1,3-5,7-8,10-11,18H,2,6H2,(H,23,24)/t18-/m0/s1. The molecule has 0 fully saturated rings. The van der Waals surface area contributed by atoms with Gasteiger partial charge in [0.25, 0.3) is 0 Å². The molecule has 2 heterocycles. The Kier molecular flexibility index (Phi) is 3.25. The summed E-state index contributed by atoms with van der Waals surface area (Å²) in [5, 5.41) is 17.3. The highest BCUT2D eigenvalue weighted by Crippen LogP contribution is 2.37. The summed E-state index contributed by atoms with van der Waals surface area (Å²) in [6.07, 6.45) is 4.86. The lowest BCUT2D eigenvalue weighted by Crippen LogP contribution is -2.03. The van der Waals surface area contributed by atoms with Crippen LogP contribution in [0.2, 0.25) is 0 Å². The minimum Gasteiger partial charge on any atom is -0.486 e. The van der Waals surface area contributed by atoms with Gasteiger partial charge in [0.2, 0.25) is 0 Å². The van der Waals surface area contributed by atoms with Gasteiger partial charge in [-0.05, 0) is 54.3 Å². The first-order valence-corrected chi connectivity index (χ1v) is 8.38. The third kappa shape index (κ3) is 2.33. The van der Waals surface area contributed by atoms with Crippen LogP contribution in [0.25, 0.3) is 22.4 Å². The maximum absolute atomic E-state index is 9.05. The first-order chi connectivity index (χ1) is 12.8. The summed E-state index contributed by atoms with van der Waals surface area (Å²) in [5.41, 5.74) is 4.68. The minimum absolute atomic E-state index is 0.00387. The molecule has 2 aromatic heterocycles. The maximum Gasteiger partial charge on any atom is 0.181 e. The molecule has 4 aromatic rings. The Morgan fingerprint density at radius 2 is 2.19 bits per heavy atom. The quantitative estimate of drug-likeness (QED) is 0.604. The van der Waals surface area contributed by atoms with E-state index in [1.54, 1.807) is 6.20 Å². The normalized spacial score (nSPS) is 15.7. The molecule has 126 valence electrons. The number of oxazole rings is 1. The SMILES string of the molecule is N#Cc1ccc2c(c1)CC[C@@H]2Oc1ccc2[nH]nc(-c3cnco3)c2c1. The largest absolute Gasteiger partial charge is 0.486 e. The second-order valence-corrected chi connectivity index (χ2v) is 6.32. The lowest BCUT2D eigenvalue weighted by atomic mass is 10.1. The van der Waals surface area contributed by atoms with E-state index in [-0.39, 0.29) is 6.10 Å². The molecular weight excluding hydrogens is 328 g/mol. The zero-order chi connectivity index (χ0) is 17.5. The van der Waals surface area contributed by atoms with Crippen LogP contribution in [0.5, 0.6) is 5.75 Å². The molecule has 0 bridgehead atoms. The van der Waals surface area contributed by atoms with Crippen LogP contribution < -0.4 is 4.74 Å². The molecule has 2 aromatic carbocycles. The third-order valence-electron chi connectivity index (χ3n) is 4.77. The molecule has 6 heteroatoms. The average molecular weight is 342 g/mol. The first-order valence-electron chi connectivity index (χ1n) is 8.38. The Hall–Kier alpha value is -3.59. The summed E-state index contributed by atoms with van der Waals surface area (Å²) in [5.74, 6) is 1.39. The van der Waals surface area contributed by atoms with Gasteiger partial charge in [0.1, 0.15) is 17.5 Å². The van der Waals surface area contributed by atoms with Crippen molar-refractivity contribution >= 4 is 10.9 Å². The zero-order valence-corrected chi connectivity index (χ0v) is 13.8. The fourth-order valence-corrected chi connectivity index (χ4v) is 3.52. The number of rotatable bonds is 3. The first kappa shape index (κ1) is 14.7. The number of benzene rings is 2. The van der Waals surface area contributed by atoms with Crippen LogP contribution in [-0.2, 0) is 6.42 Å². The van der Waals surface area contributed by atoms with E-state index < -0.39 is 0 Å². The summed E-state index contributed by atoms with van der Waals surface area (Å²) in [6, 6.07) is 13.9. The van der Waals surface area contributed by atoms with Crippen molar-refractivity contribution < 1.29 is 9.15 Å². The molecule has 1 aliphatic carbocycles. The van der Waals surface area contributed by atoms with E-state index in [0.29, 0.717) is 17.0 Å². The number of aromatic nitrogens is 3. The number of ether oxygens (including phenoxy) is 1. The van der Waals surface area contributed by atoms with Gasteiger partial charge in [-0.1, -0.05) is 6.07 Å². The topological polar surface area (TPSA) is 87.7 Å². The lowest BCUT2D eigenvalue weighted by molar-refractivity contribution is 0.208. The molecule has 0 saturated carbocycles. The van der Waals surface area contributed by atoms with Gasteiger partial charge in [0.05, 0.1) is 23.3 Å². The monoisotopic (exact) mass is 342 g/mol. The van der Waals surface area contributed by atoms with Crippen molar-refractivity contribution in [2.24, 2.45) is 0 Å². The summed E-state index contributed by atoms with van der Waals surface area (Å²) < 4.78 is 11.6. The number of nitriles is 1. The number of fused-ring (bicyclic) bond motifs is 2. The van der Waals surface area contributed by atoms with Gasteiger partial charge in [0, 0.05) is 5.39 Å². The van der Waals surface area contributed by atoms with E-state index in [0.717, 1.165) is 35.1 Å². The highest BCUT2D eigenvalue weighted by molar-refractivity contribution is 5.92. The van der Waals surface area contributed by atoms with Crippen molar-refractivity contribution in [2.75, 3.05) is 0 Å². The smallest absolute Gasteiger partial charge is 0.181 e. The van der Waals surface area contributed by atoms with Crippen molar-refractivity contribution in [1.29, 1.82) is 5.26 Å². The molecule has 0 aliphatic heterocycles. The number of hydrogen-bond donors (Lipinski definition) is 1. The third-order valence-corrected chi connectivity index (χ3v) is 4.77. The molecule has 0 amide bonds. The highest BCUT2D eigenvalue weighted by Gasteiger charge is 2.24. The summed E-state index contributed by atoms with van der Waals surface area (Å²) in [7, 11) is 0. The predicted octanol–water partition coefficient (Wildman–Crippen LogP) is 4.16. The molecule has 6 nitrogen and oxygen atoms in total. The molecule has 5 rings (SSSR count). The summed E-state index contributed by atoms with van der Waals surface area (Å²) >= 11 is 0. The van der Waals surface area contributed by atoms with Crippen LogP contribution in [0.4, 0.5) is 0 Å². The van der Waals surface area contributed by atoms with Crippen molar-refractivity contribution in [3.8, 4) is 23.3 Å². The van der Waals surface area contributed by atoms with Crippen LogP contribution in [0, 0.1) is 11.3 Å². The van der Waals surface area contributed by atoms with E-state index in [1.807, 2.05) is 36.4 Å². The minimum atomic E-state index is -0.00387. The second kappa shape index (κ2) is 5.74. The van der Waals surface area contributed by atoms with Crippen molar-refractivity contribution in [3.63, 3.8) is 0 Å².